The van der Waals surface area contributed by atoms with Crippen LogP contribution in [0.4, 0.5) is 0 Å². The Morgan fingerprint density at radius 2 is 1.78 bits per heavy atom. The minimum atomic E-state index is 0.234. The summed E-state index contributed by atoms with van der Waals surface area (Å²) in [5, 5.41) is 0. The van der Waals surface area contributed by atoms with Gasteiger partial charge in [-0.05, 0) is 37.5 Å². The van der Waals surface area contributed by atoms with E-state index in [4.69, 9.17) is 4.74 Å². The molecule has 18 heavy (non-hydrogen) atoms. The van der Waals surface area contributed by atoms with Crippen molar-refractivity contribution in [2.45, 2.75) is 76.7 Å². The van der Waals surface area contributed by atoms with Crippen molar-refractivity contribution in [3.63, 3.8) is 0 Å². The van der Waals surface area contributed by atoms with Crippen LogP contribution in [-0.2, 0) is 4.74 Å². The Kier molecular flexibility index (Phi) is 6.26. The Bertz CT molecular complexity index is 233. The molecular weight excluding hydrogens is 335 g/mol. The molecule has 2 atom stereocenters. The maximum Gasteiger partial charge on any atom is 0.0771 e. The summed E-state index contributed by atoms with van der Waals surface area (Å²) in [6.07, 6.45) is 13.9. The summed E-state index contributed by atoms with van der Waals surface area (Å²) in [4.78, 5) is 0. The monoisotopic (exact) mass is 364 g/mol. The van der Waals surface area contributed by atoms with Crippen LogP contribution in [0, 0.1) is 11.8 Å². The van der Waals surface area contributed by atoms with E-state index in [0.29, 0.717) is 0 Å². The number of ether oxygens (including phenoxy) is 1. The maximum atomic E-state index is 6.48. The van der Waals surface area contributed by atoms with E-state index in [1.807, 2.05) is 0 Å². The predicted octanol–water partition coefficient (Wildman–Crippen LogP) is 5.36. The van der Waals surface area contributed by atoms with Crippen molar-refractivity contribution in [1.82, 2.24) is 0 Å². The summed E-state index contributed by atoms with van der Waals surface area (Å²) >= 11 is 2.55. The van der Waals surface area contributed by atoms with Crippen molar-refractivity contribution in [2.24, 2.45) is 11.8 Å². The van der Waals surface area contributed by atoms with E-state index in [0.717, 1.165) is 18.4 Å². The Labute approximate surface area is 127 Å². The molecule has 106 valence electrons. The minimum absolute atomic E-state index is 0.234. The third-order valence-electron chi connectivity index (χ3n) is 4.93. The Hall–Kier alpha value is 0.690. The average molecular weight is 364 g/mol. The second-order valence-corrected chi connectivity index (χ2v) is 7.44. The third-order valence-corrected chi connectivity index (χ3v) is 6.32. The molecule has 2 aliphatic rings. The Balaban J connectivity index is 1.81. The van der Waals surface area contributed by atoms with Crippen LogP contribution in [-0.4, -0.2) is 16.6 Å². The highest BCUT2D eigenvalue weighted by molar-refractivity contribution is 14.1. The van der Waals surface area contributed by atoms with Gasteiger partial charge in [-0.25, -0.2) is 0 Å². The zero-order valence-corrected chi connectivity index (χ0v) is 14.1. The zero-order valence-electron chi connectivity index (χ0n) is 11.9. The van der Waals surface area contributed by atoms with Gasteiger partial charge in [-0.2, -0.15) is 0 Å². The van der Waals surface area contributed by atoms with E-state index >= 15 is 0 Å². The van der Waals surface area contributed by atoms with Crippen molar-refractivity contribution >= 4 is 22.6 Å². The summed E-state index contributed by atoms with van der Waals surface area (Å²) in [7, 11) is 0. The van der Waals surface area contributed by atoms with Gasteiger partial charge in [-0.3, -0.25) is 0 Å². The normalized spacial score (nSPS) is 33.0. The van der Waals surface area contributed by atoms with Crippen LogP contribution in [0.2, 0.25) is 0 Å². The van der Waals surface area contributed by atoms with E-state index in [1.165, 1.54) is 68.6 Å². The molecule has 0 amide bonds. The highest BCUT2D eigenvalue weighted by Crippen LogP contribution is 2.35. The second-order valence-electron chi connectivity index (χ2n) is 6.68. The van der Waals surface area contributed by atoms with Crippen molar-refractivity contribution in [2.75, 3.05) is 11.0 Å². The first-order chi connectivity index (χ1) is 8.74. The molecule has 0 spiro atoms. The first-order valence-corrected chi connectivity index (χ1v) is 9.46. The van der Waals surface area contributed by atoms with Gasteiger partial charge in [0.15, 0.2) is 0 Å². The molecule has 2 heteroatoms. The second kappa shape index (κ2) is 7.47. The summed E-state index contributed by atoms with van der Waals surface area (Å²) < 4.78 is 7.67. The number of alkyl halides is 1. The molecule has 2 unspecified atom stereocenters. The molecule has 0 N–H and O–H groups in total. The van der Waals surface area contributed by atoms with Gasteiger partial charge < -0.3 is 4.74 Å². The van der Waals surface area contributed by atoms with Crippen LogP contribution in [0.5, 0.6) is 0 Å². The topological polar surface area (TPSA) is 9.23 Å². The lowest BCUT2D eigenvalue weighted by molar-refractivity contribution is -0.0588. The van der Waals surface area contributed by atoms with Crippen molar-refractivity contribution in [1.29, 1.82) is 0 Å². The van der Waals surface area contributed by atoms with Crippen LogP contribution in [0.15, 0.2) is 0 Å². The zero-order chi connectivity index (χ0) is 12.8. The smallest absolute Gasteiger partial charge is 0.0771 e. The van der Waals surface area contributed by atoms with Crippen LogP contribution in [0.3, 0.4) is 0 Å². The quantitative estimate of drug-likeness (QED) is 0.371. The molecule has 2 aliphatic carbocycles. The fourth-order valence-corrected chi connectivity index (χ4v) is 4.68. The largest absolute Gasteiger partial charge is 0.374 e. The lowest BCUT2D eigenvalue weighted by Gasteiger charge is -2.35. The summed E-state index contributed by atoms with van der Waals surface area (Å²) in [5.74, 6) is 1.77. The van der Waals surface area contributed by atoms with Crippen molar-refractivity contribution in [3.8, 4) is 0 Å². The van der Waals surface area contributed by atoms with Gasteiger partial charge in [0, 0.05) is 4.43 Å². The van der Waals surface area contributed by atoms with Crippen LogP contribution < -0.4 is 0 Å². The fraction of sp³-hybridized carbons (Fsp3) is 1.00. The number of hydrogen-bond acceptors (Lipinski definition) is 1. The van der Waals surface area contributed by atoms with E-state index in [9.17, 15) is 0 Å². The molecule has 0 aromatic heterocycles. The van der Waals surface area contributed by atoms with Crippen molar-refractivity contribution in [3.05, 3.63) is 0 Å². The predicted molar refractivity (Wildman–Crippen MR) is 86.4 cm³/mol. The van der Waals surface area contributed by atoms with Gasteiger partial charge in [-0.15, -0.1) is 0 Å². The van der Waals surface area contributed by atoms with Crippen LogP contribution in [0.25, 0.3) is 0 Å². The molecular formula is C16H29IO. The van der Waals surface area contributed by atoms with Crippen molar-refractivity contribution < 1.29 is 4.74 Å². The first-order valence-electron chi connectivity index (χ1n) is 7.94. The average Bonchev–Trinajstić information content (AvgIpc) is 2.63. The molecule has 2 fully saturated rings. The molecule has 0 saturated heterocycles. The molecule has 2 saturated carbocycles. The lowest BCUT2D eigenvalue weighted by atomic mass is 9.83. The van der Waals surface area contributed by atoms with Gasteiger partial charge in [0.1, 0.15) is 0 Å². The van der Waals surface area contributed by atoms with E-state index in [2.05, 4.69) is 29.5 Å². The van der Waals surface area contributed by atoms with E-state index < -0.39 is 0 Å². The molecule has 0 bridgehead atoms. The van der Waals surface area contributed by atoms with Gasteiger partial charge >= 0.3 is 0 Å². The SMILES string of the molecule is CC1CCCC(COC2(CI)CCCCCC2)C1. The summed E-state index contributed by atoms with van der Waals surface area (Å²) in [5.41, 5.74) is 0.234. The molecule has 1 nitrogen and oxygen atoms in total. The first kappa shape index (κ1) is 15.1. The Morgan fingerprint density at radius 3 is 2.39 bits per heavy atom. The number of hydrogen-bond donors (Lipinski definition) is 0. The highest BCUT2D eigenvalue weighted by Gasteiger charge is 2.32. The number of rotatable bonds is 4. The van der Waals surface area contributed by atoms with Gasteiger partial charge in [0.05, 0.1) is 12.2 Å². The minimum Gasteiger partial charge on any atom is -0.374 e. The third kappa shape index (κ3) is 4.36. The summed E-state index contributed by atoms with van der Waals surface area (Å²) in [6.45, 7) is 3.44. The van der Waals surface area contributed by atoms with Gasteiger partial charge in [0.25, 0.3) is 0 Å². The van der Waals surface area contributed by atoms with Crippen LogP contribution in [0.1, 0.15) is 71.1 Å². The van der Waals surface area contributed by atoms with Gasteiger partial charge in [-0.1, -0.05) is 68.0 Å². The molecule has 0 aromatic rings. The summed E-state index contributed by atoms with van der Waals surface area (Å²) in [6, 6.07) is 0. The standard InChI is InChI=1S/C16H29IO/c1-14-7-6-8-15(11-14)12-18-16(13-17)9-4-2-3-5-10-16/h14-15H,2-13H2,1H3. The fourth-order valence-electron chi connectivity index (χ4n) is 3.70. The lowest BCUT2D eigenvalue weighted by Crippen LogP contribution is -2.36. The molecule has 0 aromatic carbocycles. The van der Waals surface area contributed by atoms with E-state index in [1.54, 1.807) is 0 Å². The van der Waals surface area contributed by atoms with E-state index in [-0.39, 0.29) is 5.60 Å². The van der Waals surface area contributed by atoms with Crippen LogP contribution >= 0.6 is 22.6 Å². The molecule has 2 rings (SSSR count). The highest BCUT2D eigenvalue weighted by atomic mass is 127. The molecule has 0 radical (unpaired) electrons. The molecule has 0 aliphatic heterocycles. The Morgan fingerprint density at radius 1 is 1.06 bits per heavy atom. The molecule has 0 heterocycles. The van der Waals surface area contributed by atoms with Gasteiger partial charge in [0.2, 0.25) is 0 Å². The number of halogens is 1. The maximum absolute atomic E-state index is 6.48.